The van der Waals surface area contributed by atoms with Gasteiger partial charge < -0.3 is 10.5 Å². The third-order valence-electron chi connectivity index (χ3n) is 4.01. The molecule has 0 aliphatic heterocycles. The summed E-state index contributed by atoms with van der Waals surface area (Å²) in [5.41, 5.74) is 7.28. The molecule has 19 heavy (non-hydrogen) atoms. The van der Waals surface area contributed by atoms with Crippen LogP contribution in [0.4, 0.5) is 0 Å². The third-order valence-corrected chi connectivity index (χ3v) is 4.01. The van der Waals surface area contributed by atoms with E-state index in [-0.39, 0.29) is 5.54 Å². The summed E-state index contributed by atoms with van der Waals surface area (Å²) in [6.45, 7) is 9.29. The first-order chi connectivity index (χ1) is 9.11. The van der Waals surface area contributed by atoms with Crippen molar-refractivity contribution in [2.24, 2.45) is 5.73 Å². The van der Waals surface area contributed by atoms with Crippen LogP contribution in [0.3, 0.4) is 0 Å². The highest BCUT2D eigenvalue weighted by Gasteiger charge is 2.28. The molecule has 1 aromatic rings. The Kier molecular flexibility index (Phi) is 6.32. The topological polar surface area (TPSA) is 38.5 Å². The molecule has 108 valence electrons. The standard InChI is InChI=1S/C16H28N2O/c1-5-11-18(16(3,6-2)13-17)12-14-9-7-8-10-15(14)19-4/h7-10H,5-6,11-13,17H2,1-4H3. The monoisotopic (exact) mass is 264 g/mol. The number of ether oxygens (including phenoxy) is 1. The van der Waals surface area contributed by atoms with E-state index in [0.717, 1.165) is 31.7 Å². The van der Waals surface area contributed by atoms with E-state index < -0.39 is 0 Å². The lowest BCUT2D eigenvalue weighted by Gasteiger charge is -2.40. The van der Waals surface area contributed by atoms with Gasteiger partial charge in [-0.1, -0.05) is 32.0 Å². The maximum atomic E-state index is 6.00. The number of hydrogen-bond donors (Lipinski definition) is 1. The molecule has 0 saturated heterocycles. The normalized spacial score (nSPS) is 14.4. The molecular weight excluding hydrogens is 236 g/mol. The van der Waals surface area contributed by atoms with Crippen LogP contribution in [0.25, 0.3) is 0 Å². The van der Waals surface area contributed by atoms with Gasteiger partial charge in [-0.15, -0.1) is 0 Å². The number of para-hydroxylation sites is 1. The van der Waals surface area contributed by atoms with Crippen molar-refractivity contribution in [2.45, 2.75) is 45.7 Å². The van der Waals surface area contributed by atoms with Gasteiger partial charge in [-0.3, -0.25) is 4.90 Å². The lowest BCUT2D eigenvalue weighted by atomic mass is 9.95. The Hall–Kier alpha value is -1.06. The number of methoxy groups -OCH3 is 1. The fourth-order valence-electron chi connectivity index (χ4n) is 2.35. The van der Waals surface area contributed by atoms with Crippen molar-refractivity contribution in [2.75, 3.05) is 20.2 Å². The Bertz CT molecular complexity index is 375. The van der Waals surface area contributed by atoms with Crippen LogP contribution in [0.2, 0.25) is 0 Å². The van der Waals surface area contributed by atoms with Gasteiger partial charge in [0.1, 0.15) is 5.75 Å². The van der Waals surface area contributed by atoms with Gasteiger partial charge in [0.25, 0.3) is 0 Å². The van der Waals surface area contributed by atoms with Gasteiger partial charge in [0.2, 0.25) is 0 Å². The zero-order valence-electron chi connectivity index (χ0n) is 12.8. The maximum Gasteiger partial charge on any atom is 0.123 e. The molecular formula is C16H28N2O. The fraction of sp³-hybridized carbons (Fsp3) is 0.625. The number of hydrogen-bond acceptors (Lipinski definition) is 3. The van der Waals surface area contributed by atoms with Crippen LogP contribution >= 0.6 is 0 Å². The first-order valence-corrected chi connectivity index (χ1v) is 7.18. The molecule has 0 aromatic heterocycles. The number of nitrogens with zero attached hydrogens (tertiary/aromatic N) is 1. The second-order valence-electron chi connectivity index (χ2n) is 5.29. The Morgan fingerprint density at radius 3 is 2.47 bits per heavy atom. The summed E-state index contributed by atoms with van der Waals surface area (Å²) >= 11 is 0. The molecule has 2 N–H and O–H groups in total. The summed E-state index contributed by atoms with van der Waals surface area (Å²) in [6, 6.07) is 8.22. The molecule has 0 fully saturated rings. The third kappa shape index (κ3) is 3.95. The van der Waals surface area contributed by atoms with Crippen LogP contribution < -0.4 is 10.5 Å². The van der Waals surface area contributed by atoms with E-state index in [1.807, 2.05) is 12.1 Å². The van der Waals surface area contributed by atoms with Crippen molar-refractivity contribution in [1.29, 1.82) is 0 Å². The van der Waals surface area contributed by atoms with E-state index in [9.17, 15) is 0 Å². The van der Waals surface area contributed by atoms with Gasteiger partial charge in [-0.25, -0.2) is 0 Å². The number of rotatable bonds is 8. The van der Waals surface area contributed by atoms with Crippen molar-refractivity contribution in [1.82, 2.24) is 4.90 Å². The Morgan fingerprint density at radius 2 is 1.95 bits per heavy atom. The number of nitrogens with two attached hydrogens (primary N) is 1. The molecule has 3 heteroatoms. The molecule has 1 rings (SSSR count). The summed E-state index contributed by atoms with van der Waals surface area (Å²) in [5.74, 6) is 0.957. The molecule has 0 radical (unpaired) electrons. The highest BCUT2D eigenvalue weighted by Crippen LogP contribution is 2.25. The lowest BCUT2D eigenvalue weighted by Crippen LogP contribution is -2.51. The quantitative estimate of drug-likeness (QED) is 0.784. The molecule has 0 bridgehead atoms. The molecule has 0 spiro atoms. The highest BCUT2D eigenvalue weighted by atomic mass is 16.5. The van der Waals surface area contributed by atoms with E-state index in [0.29, 0.717) is 6.54 Å². The minimum atomic E-state index is 0.0524. The fourth-order valence-corrected chi connectivity index (χ4v) is 2.35. The van der Waals surface area contributed by atoms with E-state index in [4.69, 9.17) is 10.5 Å². The summed E-state index contributed by atoms with van der Waals surface area (Å²) in [5, 5.41) is 0. The smallest absolute Gasteiger partial charge is 0.123 e. The summed E-state index contributed by atoms with van der Waals surface area (Å²) in [7, 11) is 1.73. The lowest BCUT2D eigenvalue weighted by molar-refractivity contribution is 0.0963. The molecule has 0 saturated carbocycles. The molecule has 0 amide bonds. The Balaban J connectivity index is 2.95. The summed E-state index contributed by atoms with van der Waals surface area (Å²) < 4.78 is 5.45. The van der Waals surface area contributed by atoms with Crippen LogP contribution in [0.5, 0.6) is 5.75 Å². The molecule has 0 aliphatic rings. The van der Waals surface area contributed by atoms with E-state index >= 15 is 0 Å². The van der Waals surface area contributed by atoms with Gasteiger partial charge in [0.05, 0.1) is 7.11 Å². The molecule has 3 nitrogen and oxygen atoms in total. The average molecular weight is 264 g/mol. The molecule has 1 aromatic carbocycles. The first kappa shape index (κ1) is 16.0. The SMILES string of the molecule is CCCN(Cc1ccccc1OC)C(C)(CC)CN. The number of benzene rings is 1. The second kappa shape index (κ2) is 7.51. The predicted molar refractivity (Wildman–Crippen MR) is 81.4 cm³/mol. The Labute approximate surface area is 117 Å². The van der Waals surface area contributed by atoms with Crippen LogP contribution in [-0.2, 0) is 6.54 Å². The van der Waals surface area contributed by atoms with Crippen LogP contribution in [-0.4, -0.2) is 30.6 Å². The minimum Gasteiger partial charge on any atom is -0.496 e. The minimum absolute atomic E-state index is 0.0524. The van der Waals surface area contributed by atoms with E-state index in [1.165, 1.54) is 5.56 Å². The molecule has 0 heterocycles. The summed E-state index contributed by atoms with van der Waals surface area (Å²) in [6.07, 6.45) is 2.18. The zero-order chi connectivity index (χ0) is 14.3. The molecule has 1 unspecified atom stereocenters. The van der Waals surface area contributed by atoms with Crippen LogP contribution in [0.15, 0.2) is 24.3 Å². The van der Waals surface area contributed by atoms with Crippen LogP contribution in [0, 0.1) is 0 Å². The molecule has 1 atom stereocenters. The van der Waals surface area contributed by atoms with Crippen molar-refractivity contribution < 1.29 is 4.74 Å². The van der Waals surface area contributed by atoms with Gasteiger partial charge in [0.15, 0.2) is 0 Å². The van der Waals surface area contributed by atoms with Crippen molar-refractivity contribution in [3.63, 3.8) is 0 Å². The van der Waals surface area contributed by atoms with Crippen LogP contribution in [0.1, 0.15) is 39.2 Å². The van der Waals surface area contributed by atoms with E-state index in [1.54, 1.807) is 7.11 Å². The predicted octanol–water partition coefficient (Wildman–Crippen LogP) is 3.03. The summed E-state index contributed by atoms with van der Waals surface area (Å²) in [4.78, 5) is 2.48. The largest absolute Gasteiger partial charge is 0.496 e. The Morgan fingerprint density at radius 1 is 1.26 bits per heavy atom. The van der Waals surface area contributed by atoms with E-state index in [2.05, 4.69) is 37.8 Å². The van der Waals surface area contributed by atoms with Crippen molar-refractivity contribution >= 4 is 0 Å². The zero-order valence-corrected chi connectivity index (χ0v) is 12.8. The second-order valence-corrected chi connectivity index (χ2v) is 5.29. The highest BCUT2D eigenvalue weighted by molar-refractivity contribution is 5.33. The average Bonchev–Trinajstić information content (AvgIpc) is 2.46. The van der Waals surface area contributed by atoms with Gasteiger partial charge in [-0.05, 0) is 32.4 Å². The van der Waals surface area contributed by atoms with Gasteiger partial charge >= 0.3 is 0 Å². The first-order valence-electron chi connectivity index (χ1n) is 7.18. The molecule has 0 aliphatic carbocycles. The van der Waals surface area contributed by atoms with Gasteiger partial charge in [-0.2, -0.15) is 0 Å². The maximum absolute atomic E-state index is 6.00. The van der Waals surface area contributed by atoms with Crippen molar-refractivity contribution in [3.05, 3.63) is 29.8 Å². The van der Waals surface area contributed by atoms with Crippen molar-refractivity contribution in [3.8, 4) is 5.75 Å². The van der Waals surface area contributed by atoms with Gasteiger partial charge in [0, 0.05) is 24.2 Å².